The Labute approximate surface area is 89.0 Å². The van der Waals surface area contributed by atoms with E-state index in [1.807, 2.05) is 0 Å². The summed E-state index contributed by atoms with van der Waals surface area (Å²) in [6, 6.07) is 0. The number of hydrogen-bond acceptors (Lipinski definition) is 3. The molecule has 0 aromatic heterocycles. The van der Waals surface area contributed by atoms with Crippen molar-refractivity contribution in [3.63, 3.8) is 0 Å². The van der Waals surface area contributed by atoms with Crippen LogP contribution in [0.4, 0.5) is 0 Å². The molecule has 0 N–H and O–H groups in total. The van der Waals surface area contributed by atoms with Crippen molar-refractivity contribution >= 4 is 35.5 Å². The number of hydrogen-bond donors (Lipinski definition) is 2. The predicted molar refractivity (Wildman–Crippen MR) is 57.2 cm³/mol. The zero-order valence-corrected chi connectivity index (χ0v) is 9.91. The Morgan fingerprint density at radius 3 is 1.54 bits per heavy atom. The van der Waals surface area contributed by atoms with Gasteiger partial charge in [0.2, 0.25) is 5.12 Å². The third-order valence-electron chi connectivity index (χ3n) is 2.54. The van der Waals surface area contributed by atoms with Gasteiger partial charge in [0.1, 0.15) is 5.60 Å². The molecule has 0 aliphatic rings. The molecule has 0 bridgehead atoms. The van der Waals surface area contributed by atoms with E-state index < -0.39 is 21.2 Å². The van der Waals surface area contributed by atoms with Crippen LogP contribution in [0.1, 0.15) is 20.8 Å². The SMILES string of the molecule is COC(C)(C(=O)S)C(C)(C)C(=O)S. The van der Waals surface area contributed by atoms with Gasteiger partial charge in [-0.1, -0.05) is 0 Å². The Morgan fingerprint density at radius 2 is 1.46 bits per heavy atom. The highest BCUT2D eigenvalue weighted by Gasteiger charge is 2.49. The van der Waals surface area contributed by atoms with Gasteiger partial charge >= 0.3 is 0 Å². The van der Waals surface area contributed by atoms with Crippen LogP contribution < -0.4 is 0 Å². The van der Waals surface area contributed by atoms with Crippen LogP contribution in [0.15, 0.2) is 0 Å². The monoisotopic (exact) mass is 222 g/mol. The molecule has 13 heavy (non-hydrogen) atoms. The smallest absolute Gasteiger partial charge is 0.218 e. The second-order valence-corrected chi connectivity index (χ2v) is 4.29. The summed E-state index contributed by atoms with van der Waals surface area (Å²) in [6.07, 6.45) is 0. The Bertz CT molecular complexity index is 238. The number of carbonyl (C=O) groups excluding carboxylic acids is 2. The van der Waals surface area contributed by atoms with Crippen molar-refractivity contribution in [2.75, 3.05) is 7.11 Å². The second-order valence-electron chi connectivity index (χ2n) is 3.47. The van der Waals surface area contributed by atoms with E-state index in [9.17, 15) is 9.59 Å². The molecule has 0 saturated heterocycles. The van der Waals surface area contributed by atoms with E-state index in [0.717, 1.165) is 0 Å². The topological polar surface area (TPSA) is 43.4 Å². The van der Waals surface area contributed by atoms with Crippen LogP contribution in [-0.2, 0) is 14.3 Å². The van der Waals surface area contributed by atoms with Crippen molar-refractivity contribution in [1.29, 1.82) is 0 Å². The van der Waals surface area contributed by atoms with Gasteiger partial charge < -0.3 is 4.74 Å². The van der Waals surface area contributed by atoms with Gasteiger partial charge in [0, 0.05) is 7.11 Å². The fourth-order valence-electron chi connectivity index (χ4n) is 0.814. The van der Waals surface area contributed by atoms with Crippen molar-refractivity contribution in [2.24, 2.45) is 5.41 Å². The average Bonchev–Trinajstić information content (AvgIpc) is 2.01. The lowest BCUT2D eigenvalue weighted by atomic mass is 9.77. The molecule has 0 spiro atoms. The molecule has 0 aliphatic heterocycles. The summed E-state index contributed by atoms with van der Waals surface area (Å²) in [5.74, 6) is 0. The number of carbonyl (C=O) groups is 2. The minimum absolute atomic E-state index is 0.403. The molecule has 76 valence electrons. The molecule has 3 nitrogen and oxygen atoms in total. The Kier molecular flexibility index (Phi) is 4.02. The van der Waals surface area contributed by atoms with Crippen LogP contribution in [0, 0.1) is 5.41 Å². The molecular weight excluding hydrogens is 208 g/mol. The van der Waals surface area contributed by atoms with Crippen LogP contribution in [-0.4, -0.2) is 22.9 Å². The van der Waals surface area contributed by atoms with Crippen LogP contribution in [0.3, 0.4) is 0 Å². The second kappa shape index (κ2) is 4.02. The van der Waals surface area contributed by atoms with Gasteiger partial charge in [0.05, 0.1) is 5.41 Å². The van der Waals surface area contributed by atoms with Gasteiger partial charge in [-0.25, -0.2) is 0 Å². The first-order chi connectivity index (χ1) is 5.70. The van der Waals surface area contributed by atoms with E-state index in [4.69, 9.17) is 4.74 Å². The van der Waals surface area contributed by atoms with E-state index in [0.29, 0.717) is 0 Å². The Balaban J connectivity index is 5.19. The van der Waals surface area contributed by atoms with E-state index in [1.165, 1.54) is 14.0 Å². The normalized spacial score (nSPS) is 16.5. The zero-order valence-electron chi connectivity index (χ0n) is 8.12. The maximum atomic E-state index is 11.2. The summed E-state index contributed by atoms with van der Waals surface area (Å²) in [6.45, 7) is 4.72. The van der Waals surface area contributed by atoms with Crippen molar-refractivity contribution in [3.05, 3.63) is 0 Å². The summed E-state index contributed by atoms with van der Waals surface area (Å²) in [4.78, 5) is 22.4. The standard InChI is InChI=1S/C8H14O3S2/c1-7(2,5(9)12)8(3,11-4)6(10)13/h1-4H3,(H,9,12)(H,10,13). The molecule has 0 heterocycles. The first-order valence-corrected chi connectivity index (χ1v) is 4.61. The largest absolute Gasteiger partial charge is 0.369 e. The van der Waals surface area contributed by atoms with Crippen LogP contribution in [0.25, 0.3) is 0 Å². The summed E-state index contributed by atoms with van der Waals surface area (Å²) >= 11 is 7.41. The van der Waals surface area contributed by atoms with Crippen LogP contribution >= 0.6 is 25.3 Å². The van der Waals surface area contributed by atoms with Crippen molar-refractivity contribution in [2.45, 2.75) is 26.4 Å². The van der Waals surface area contributed by atoms with Gasteiger partial charge in [0.25, 0.3) is 0 Å². The summed E-state index contributed by atoms with van der Waals surface area (Å²) < 4.78 is 5.03. The van der Waals surface area contributed by atoms with Crippen molar-refractivity contribution in [1.82, 2.24) is 0 Å². The highest BCUT2D eigenvalue weighted by Crippen LogP contribution is 2.37. The minimum atomic E-state index is -1.24. The fourth-order valence-corrected chi connectivity index (χ4v) is 1.40. The van der Waals surface area contributed by atoms with Gasteiger partial charge in [-0.2, -0.15) is 0 Å². The average molecular weight is 222 g/mol. The van der Waals surface area contributed by atoms with Crippen molar-refractivity contribution < 1.29 is 14.3 Å². The van der Waals surface area contributed by atoms with Crippen LogP contribution in [0.2, 0.25) is 0 Å². The summed E-state index contributed by atoms with van der Waals surface area (Å²) in [7, 11) is 1.37. The molecule has 0 rings (SSSR count). The van der Waals surface area contributed by atoms with Gasteiger partial charge in [-0.05, 0) is 20.8 Å². The summed E-state index contributed by atoms with van der Waals surface area (Å²) in [5, 5.41) is -0.887. The highest BCUT2D eigenvalue weighted by atomic mass is 32.1. The quantitative estimate of drug-likeness (QED) is 0.705. The maximum absolute atomic E-state index is 11.2. The number of methoxy groups -OCH3 is 1. The molecule has 1 atom stereocenters. The van der Waals surface area contributed by atoms with E-state index in [1.54, 1.807) is 13.8 Å². The molecular formula is C8H14O3S2. The first-order valence-electron chi connectivity index (χ1n) is 3.72. The van der Waals surface area contributed by atoms with Crippen LogP contribution in [0.5, 0.6) is 0 Å². The van der Waals surface area contributed by atoms with E-state index in [-0.39, 0.29) is 0 Å². The molecule has 5 heteroatoms. The molecule has 0 aliphatic carbocycles. The number of rotatable bonds is 4. The molecule has 0 amide bonds. The zero-order chi connectivity index (χ0) is 10.9. The summed E-state index contributed by atoms with van der Waals surface area (Å²) in [5.41, 5.74) is -2.24. The van der Waals surface area contributed by atoms with Gasteiger partial charge in [0.15, 0.2) is 5.12 Å². The third-order valence-corrected chi connectivity index (χ3v) is 3.53. The molecule has 0 aromatic carbocycles. The minimum Gasteiger partial charge on any atom is -0.369 e. The van der Waals surface area contributed by atoms with E-state index >= 15 is 0 Å². The molecule has 0 saturated carbocycles. The molecule has 0 radical (unpaired) electrons. The number of ether oxygens (including phenoxy) is 1. The van der Waals surface area contributed by atoms with E-state index in [2.05, 4.69) is 25.3 Å². The Hall–Kier alpha value is -0.0000000000000000555. The third kappa shape index (κ3) is 2.08. The lowest BCUT2D eigenvalue weighted by Gasteiger charge is -2.37. The highest BCUT2D eigenvalue weighted by molar-refractivity contribution is 7.97. The predicted octanol–water partition coefficient (Wildman–Crippen LogP) is 1.33. The first kappa shape index (κ1) is 13.0. The lowest BCUT2D eigenvalue weighted by Crippen LogP contribution is -2.51. The Morgan fingerprint density at radius 1 is 1.08 bits per heavy atom. The lowest BCUT2D eigenvalue weighted by molar-refractivity contribution is -0.151. The van der Waals surface area contributed by atoms with Crippen molar-refractivity contribution in [3.8, 4) is 0 Å². The molecule has 0 fully saturated rings. The molecule has 1 unspecified atom stereocenters. The fraction of sp³-hybridized carbons (Fsp3) is 0.750. The number of thiol groups is 2. The molecule has 0 aromatic rings. The maximum Gasteiger partial charge on any atom is 0.218 e. The van der Waals surface area contributed by atoms with Gasteiger partial charge in [-0.3, -0.25) is 9.59 Å². The van der Waals surface area contributed by atoms with Gasteiger partial charge in [-0.15, -0.1) is 25.3 Å².